The second kappa shape index (κ2) is 6.30. The third kappa shape index (κ3) is 2.99. The van der Waals surface area contributed by atoms with Gasteiger partial charge in [-0.1, -0.05) is 6.07 Å². The lowest BCUT2D eigenvalue weighted by molar-refractivity contribution is 0.102. The quantitative estimate of drug-likeness (QED) is 0.919. The Balaban J connectivity index is 2.31. The Kier molecular flexibility index (Phi) is 4.47. The number of nitrogens with one attached hydrogen (secondary N) is 1. The van der Waals surface area contributed by atoms with Crippen molar-refractivity contribution in [1.29, 1.82) is 0 Å². The number of rotatable bonds is 5. The highest BCUT2D eigenvalue weighted by molar-refractivity contribution is 6.06. The van der Waals surface area contributed by atoms with Crippen molar-refractivity contribution >= 4 is 11.7 Å². The van der Waals surface area contributed by atoms with E-state index in [1.165, 1.54) is 14.2 Å². The highest BCUT2D eigenvalue weighted by Gasteiger charge is 2.18. The van der Waals surface area contributed by atoms with Gasteiger partial charge in [0.15, 0.2) is 11.5 Å². The molecular formula is C15H19N3O3. The Morgan fingerprint density at radius 1 is 1.24 bits per heavy atom. The van der Waals surface area contributed by atoms with E-state index in [2.05, 4.69) is 10.4 Å². The second-order valence-electron chi connectivity index (χ2n) is 4.75. The molecule has 2 aromatic rings. The Hall–Kier alpha value is -2.50. The van der Waals surface area contributed by atoms with E-state index in [0.717, 1.165) is 0 Å². The standard InChI is InChI=1S/C15H19N3O3/c1-10(2)18-13(8-9-16-18)17-15(19)11-6-5-7-12(20-3)14(11)21-4/h5-10H,1-4H3,(H,17,19). The first-order valence-electron chi connectivity index (χ1n) is 6.64. The van der Waals surface area contributed by atoms with Crippen LogP contribution in [0.1, 0.15) is 30.2 Å². The molecule has 0 atom stereocenters. The summed E-state index contributed by atoms with van der Waals surface area (Å²) in [6.07, 6.45) is 1.65. The van der Waals surface area contributed by atoms with Gasteiger partial charge in [0, 0.05) is 12.1 Å². The number of carbonyl (C=O) groups excluding carboxylic acids is 1. The zero-order chi connectivity index (χ0) is 15.4. The number of ether oxygens (including phenoxy) is 2. The second-order valence-corrected chi connectivity index (χ2v) is 4.75. The van der Waals surface area contributed by atoms with Gasteiger partial charge in [0.05, 0.1) is 26.0 Å². The zero-order valence-corrected chi connectivity index (χ0v) is 12.6. The number of benzene rings is 1. The number of hydrogen-bond donors (Lipinski definition) is 1. The molecule has 21 heavy (non-hydrogen) atoms. The fourth-order valence-corrected chi connectivity index (χ4v) is 2.07. The van der Waals surface area contributed by atoms with Crippen molar-refractivity contribution in [3.05, 3.63) is 36.0 Å². The van der Waals surface area contributed by atoms with Gasteiger partial charge in [0.1, 0.15) is 5.82 Å². The lowest BCUT2D eigenvalue weighted by atomic mass is 10.1. The van der Waals surface area contributed by atoms with Crippen molar-refractivity contribution < 1.29 is 14.3 Å². The van der Waals surface area contributed by atoms with Crippen LogP contribution in [-0.4, -0.2) is 29.9 Å². The molecule has 1 N–H and O–H groups in total. The molecule has 0 aliphatic heterocycles. The molecule has 1 aromatic heterocycles. The molecule has 112 valence electrons. The fourth-order valence-electron chi connectivity index (χ4n) is 2.07. The van der Waals surface area contributed by atoms with Gasteiger partial charge >= 0.3 is 0 Å². The first-order chi connectivity index (χ1) is 10.1. The number of aromatic nitrogens is 2. The van der Waals surface area contributed by atoms with Gasteiger partial charge in [0.25, 0.3) is 5.91 Å². The van der Waals surface area contributed by atoms with Gasteiger partial charge in [-0.2, -0.15) is 5.10 Å². The Labute approximate surface area is 123 Å². The van der Waals surface area contributed by atoms with Crippen LogP contribution >= 0.6 is 0 Å². The summed E-state index contributed by atoms with van der Waals surface area (Å²) in [6, 6.07) is 7.09. The zero-order valence-electron chi connectivity index (χ0n) is 12.6. The summed E-state index contributed by atoms with van der Waals surface area (Å²) in [4.78, 5) is 12.4. The van der Waals surface area contributed by atoms with Gasteiger partial charge < -0.3 is 14.8 Å². The molecule has 6 heteroatoms. The average molecular weight is 289 g/mol. The predicted molar refractivity (Wildman–Crippen MR) is 80.1 cm³/mol. The molecule has 0 aliphatic rings. The summed E-state index contributed by atoms with van der Waals surface area (Å²) >= 11 is 0. The molecule has 0 bridgehead atoms. The molecule has 0 saturated heterocycles. The lowest BCUT2D eigenvalue weighted by Crippen LogP contribution is -2.17. The predicted octanol–water partition coefficient (Wildman–Crippen LogP) is 2.73. The highest BCUT2D eigenvalue weighted by atomic mass is 16.5. The number of nitrogens with zero attached hydrogens (tertiary/aromatic N) is 2. The minimum Gasteiger partial charge on any atom is -0.493 e. The lowest BCUT2D eigenvalue weighted by Gasteiger charge is -2.14. The van der Waals surface area contributed by atoms with Crippen molar-refractivity contribution in [3.63, 3.8) is 0 Å². The minimum absolute atomic E-state index is 0.155. The average Bonchev–Trinajstić information content (AvgIpc) is 2.94. The number of methoxy groups -OCH3 is 2. The Morgan fingerprint density at radius 3 is 2.62 bits per heavy atom. The summed E-state index contributed by atoms with van der Waals surface area (Å²) in [7, 11) is 3.04. The van der Waals surface area contributed by atoms with E-state index in [9.17, 15) is 4.79 Å². The van der Waals surface area contributed by atoms with E-state index in [4.69, 9.17) is 9.47 Å². The van der Waals surface area contributed by atoms with Crippen molar-refractivity contribution in [3.8, 4) is 11.5 Å². The van der Waals surface area contributed by atoms with Crippen molar-refractivity contribution in [2.24, 2.45) is 0 Å². The van der Waals surface area contributed by atoms with Crippen LogP contribution in [0.5, 0.6) is 11.5 Å². The molecule has 0 unspecified atom stereocenters. The SMILES string of the molecule is COc1cccc(C(=O)Nc2ccnn2C(C)C)c1OC. The normalized spacial score (nSPS) is 10.5. The third-order valence-corrected chi connectivity index (χ3v) is 3.05. The molecule has 1 amide bonds. The van der Waals surface area contributed by atoms with Gasteiger partial charge in [-0.3, -0.25) is 4.79 Å². The first kappa shape index (κ1) is 14.9. The maximum absolute atomic E-state index is 12.4. The van der Waals surface area contributed by atoms with Gasteiger partial charge in [0.2, 0.25) is 0 Å². The van der Waals surface area contributed by atoms with Crippen LogP contribution in [0.2, 0.25) is 0 Å². The Bertz CT molecular complexity index is 635. The number of amides is 1. The van der Waals surface area contributed by atoms with E-state index in [-0.39, 0.29) is 11.9 Å². The summed E-state index contributed by atoms with van der Waals surface area (Å²) in [5, 5.41) is 7.02. The van der Waals surface area contributed by atoms with Crippen LogP contribution in [0.25, 0.3) is 0 Å². The topological polar surface area (TPSA) is 65.4 Å². The van der Waals surface area contributed by atoms with Crippen LogP contribution < -0.4 is 14.8 Å². The molecule has 0 aliphatic carbocycles. The van der Waals surface area contributed by atoms with Crippen molar-refractivity contribution in [2.45, 2.75) is 19.9 Å². The fraction of sp³-hybridized carbons (Fsp3) is 0.333. The molecule has 1 aromatic carbocycles. The Morgan fingerprint density at radius 2 is 2.00 bits per heavy atom. The minimum atomic E-state index is -0.270. The van der Waals surface area contributed by atoms with Crippen LogP contribution in [-0.2, 0) is 0 Å². The van der Waals surface area contributed by atoms with Crippen LogP contribution in [0.15, 0.2) is 30.5 Å². The van der Waals surface area contributed by atoms with Crippen molar-refractivity contribution in [2.75, 3.05) is 19.5 Å². The maximum Gasteiger partial charge on any atom is 0.260 e. The first-order valence-corrected chi connectivity index (χ1v) is 6.64. The molecule has 2 rings (SSSR count). The van der Waals surface area contributed by atoms with E-state index < -0.39 is 0 Å². The molecule has 0 spiro atoms. The van der Waals surface area contributed by atoms with E-state index >= 15 is 0 Å². The van der Waals surface area contributed by atoms with Gasteiger partial charge in [-0.15, -0.1) is 0 Å². The monoisotopic (exact) mass is 289 g/mol. The molecule has 1 heterocycles. The number of para-hydroxylation sites is 1. The van der Waals surface area contributed by atoms with Crippen LogP contribution in [0.3, 0.4) is 0 Å². The van der Waals surface area contributed by atoms with Gasteiger partial charge in [-0.25, -0.2) is 4.68 Å². The molecule has 6 nitrogen and oxygen atoms in total. The molecule has 0 radical (unpaired) electrons. The maximum atomic E-state index is 12.4. The summed E-state index contributed by atoms with van der Waals surface area (Å²) in [5.74, 6) is 1.30. The van der Waals surface area contributed by atoms with Gasteiger partial charge in [-0.05, 0) is 26.0 Å². The molecule has 0 saturated carbocycles. The smallest absolute Gasteiger partial charge is 0.260 e. The number of carbonyl (C=O) groups is 1. The van der Waals surface area contributed by atoms with E-state index in [1.54, 1.807) is 35.1 Å². The summed E-state index contributed by atoms with van der Waals surface area (Å²) in [5.41, 5.74) is 0.411. The largest absolute Gasteiger partial charge is 0.493 e. The summed E-state index contributed by atoms with van der Waals surface area (Å²) < 4.78 is 12.2. The third-order valence-electron chi connectivity index (χ3n) is 3.05. The van der Waals surface area contributed by atoms with Crippen molar-refractivity contribution in [1.82, 2.24) is 9.78 Å². The van der Waals surface area contributed by atoms with E-state index in [1.807, 2.05) is 13.8 Å². The number of hydrogen-bond acceptors (Lipinski definition) is 4. The number of anilines is 1. The molecule has 0 fully saturated rings. The summed E-state index contributed by atoms with van der Waals surface area (Å²) in [6.45, 7) is 3.99. The molecular weight excluding hydrogens is 270 g/mol. The van der Waals surface area contributed by atoms with Crippen LogP contribution in [0, 0.1) is 0 Å². The van der Waals surface area contributed by atoms with E-state index in [0.29, 0.717) is 22.9 Å². The highest BCUT2D eigenvalue weighted by Crippen LogP contribution is 2.31. The van der Waals surface area contributed by atoms with Crippen LogP contribution in [0.4, 0.5) is 5.82 Å².